The minimum absolute atomic E-state index is 0.0193. The number of carbonyl (C=O) groups is 3. The van der Waals surface area contributed by atoms with E-state index in [1.54, 1.807) is 48.5 Å². The van der Waals surface area contributed by atoms with Crippen LogP contribution >= 0.6 is 11.6 Å². The van der Waals surface area contributed by atoms with Crippen LogP contribution in [0.1, 0.15) is 31.8 Å². The fourth-order valence-electron chi connectivity index (χ4n) is 3.18. The number of carboxylic acids is 1. The van der Waals surface area contributed by atoms with E-state index in [2.05, 4.69) is 21.2 Å². The predicted molar refractivity (Wildman–Crippen MR) is 121 cm³/mol. The van der Waals surface area contributed by atoms with Gasteiger partial charge in [-0.25, -0.2) is 4.79 Å². The average molecular weight is 449 g/mol. The lowest BCUT2D eigenvalue weighted by atomic mass is 10.1. The van der Waals surface area contributed by atoms with Crippen LogP contribution < -0.4 is 16.1 Å². The lowest BCUT2D eigenvalue weighted by Gasteiger charge is -2.08. The van der Waals surface area contributed by atoms with Gasteiger partial charge >= 0.3 is 5.97 Å². The van der Waals surface area contributed by atoms with Crippen molar-refractivity contribution in [1.29, 1.82) is 0 Å². The number of rotatable bonds is 6. The number of hydrogen-bond donors (Lipinski definition) is 4. The number of carbonyl (C=O) groups excluding carboxylic acids is 2. The molecule has 32 heavy (non-hydrogen) atoms. The van der Waals surface area contributed by atoms with E-state index < -0.39 is 11.9 Å². The molecule has 0 bridgehead atoms. The van der Waals surface area contributed by atoms with Crippen molar-refractivity contribution in [1.82, 2.24) is 5.32 Å². The Bertz CT molecular complexity index is 1260. The predicted octanol–water partition coefficient (Wildman–Crippen LogP) is 3.74. The number of hydrazone groups is 1. The number of benzene rings is 3. The number of hydrogen-bond acceptors (Lipinski definition) is 5. The largest absolute Gasteiger partial charge is 0.478 e. The highest BCUT2D eigenvalue weighted by Gasteiger charge is 2.27. The van der Waals surface area contributed by atoms with Gasteiger partial charge in [0.15, 0.2) is 5.71 Å². The zero-order valence-corrected chi connectivity index (χ0v) is 17.3. The van der Waals surface area contributed by atoms with Crippen molar-refractivity contribution >= 4 is 46.5 Å². The first kappa shape index (κ1) is 21.1. The molecule has 9 heteroatoms. The summed E-state index contributed by atoms with van der Waals surface area (Å²) < 4.78 is 0. The molecule has 1 heterocycles. The Hall–Kier alpha value is -4.17. The minimum atomic E-state index is -1.12. The van der Waals surface area contributed by atoms with Crippen LogP contribution in [-0.4, -0.2) is 28.6 Å². The zero-order valence-electron chi connectivity index (χ0n) is 16.6. The number of nitrogens with zero attached hydrogens (tertiary/aromatic N) is 1. The van der Waals surface area contributed by atoms with Crippen LogP contribution in [0.15, 0.2) is 71.8 Å². The van der Waals surface area contributed by atoms with Gasteiger partial charge in [-0.15, -0.1) is 0 Å². The van der Waals surface area contributed by atoms with Gasteiger partial charge in [0, 0.05) is 22.7 Å². The Morgan fingerprint density at radius 1 is 1.03 bits per heavy atom. The maximum Gasteiger partial charge on any atom is 0.337 e. The Kier molecular flexibility index (Phi) is 5.87. The molecule has 160 valence electrons. The monoisotopic (exact) mass is 448 g/mol. The molecule has 0 unspecified atom stereocenters. The molecule has 1 aliphatic heterocycles. The number of anilines is 2. The summed E-state index contributed by atoms with van der Waals surface area (Å²) in [5, 5.41) is 19.5. The molecule has 0 saturated heterocycles. The molecule has 0 aliphatic carbocycles. The molecular formula is C23H17ClN4O4. The van der Waals surface area contributed by atoms with E-state index in [4.69, 9.17) is 11.6 Å². The lowest BCUT2D eigenvalue weighted by molar-refractivity contribution is -0.110. The van der Waals surface area contributed by atoms with Crippen molar-refractivity contribution in [3.05, 3.63) is 94.0 Å². The summed E-state index contributed by atoms with van der Waals surface area (Å²) in [5.41, 5.74) is 5.15. The second-order valence-electron chi connectivity index (χ2n) is 6.95. The average Bonchev–Trinajstić information content (AvgIpc) is 3.11. The normalized spacial score (nSPS) is 13.4. The number of halogens is 1. The summed E-state index contributed by atoms with van der Waals surface area (Å²) >= 11 is 5.87. The Balaban J connectivity index is 1.54. The van der Waals surface area contributed by atoms with Crippen LogP contribution in [-0.2, 0) is 11.3 Å². The summed E-state index contributed by atoms with van der Waals surface area (Å²) in [5.74, 6) is -1.89. The van der Waals surface area contributed by atoms with Gasteiger partial charge in [0.05, 0.1) is 16.9 Å². The van der Waals surface area contributed by atoms with Crippen LogP contribution in [0.5, 0.6) is 0 Å². The van der Waals surface area contributed by atoms with Crippen molar-refractivity contribution in [3.63, 3.8) is 0 Å². The van der Waals surface area contributed by atoms with Crippen LogP contribution in [0.4, 0.5) is 11.4 Å². The summed E-state index contributed by atoms with van der Waals surface area (Å²) in [7, 11) is 0. The highest BCUT2D eigenvalue weighted by Crippen LogP contribution is 2.25. The quantitative estimate of drug-likeness (QED) is 0.428. The van der Waals surface area contributed by atoms with Gasteiger partial charge < -0.3 is 15.7 Å². The van der Waals surface area contributed by atoms with Crippen LogP contribution in [0, 0.1) is 0 Å². The van der Waals surface area contributed by atoms with E-state index in [0.717, 1.165) is 5.56 Å². The van der Waals surface area contributed by atoms with E-state index in [-0.39, 0.29) is 22.9 Å². The standard InChI is InChI=1S/C23H17ClN4O4/c24-15-8-5-13(6-9-15)12-25-21(29)14-7-10-18-17(11-14)20(22(30)26-18)28-27-19-4-2-1-3-16(19)23(31)32/h1-11,27H,12H2,(H,25,29)(H,31,32)(H,26,28,30). The van der Waals surface area contributed by atoms with Gasteiger partial charge in [-0.1, -0.05) is 35.9 Å². The first-order chi connectivity index (χ1) is 15.4. The van der Waals surface area contributed by atoms with E-state index in [1.807, 2.05) is 12.1 Å². The third-order valence-electron chi connectivity index (χ3n) is 4.81. The smallest absolute Gasteiger partial charge is 0.337 e. The fourth-order valence-corrected chi connectivity index (χ4v) is 3.30. The van der Waals surface area contributed by atoms with Crippen molar-refractivity contribution in [2.75, 3.05) is 10.7 Å². The molecule has 2 amide bonds. The maximum atomic E-state index is 12.6. The van der Waals surface area contributed by atoms with Crippen molar-refractivity contribution in [3.8, 4) is 0 Å². The minimum Gasteiger partial charge on any atom is -0.478 e. The number of aromatic carboxylic acids is 1. The molecule has 4 rings (SSSR count). The maximum absolute atomic E-state index is 12.6. The molecule has 0 spiro atoms. The van der Waals surface area contributed by atoms with Gasteiger partial charge in [0.25, 0.3) is 11.8 Å². The number of nitrogens with one attached hydrogen (secondary N) is 3. The summed E-state index contributed by atoms with van der Waals surface area (Å²) in [6.45, 7) is 0.318. The van der Waals surface area contributed by atoms with E-state index >= 15 is 0 Å². The molecule has 3 aromatic carbocycles. The van der Waals surface area contributed by atoms with Gasteiger partial charge in [0.1, 0.15) is 0 Å². The molecule has 0 fully saturated rings. The second-order valence-corrected chi connectivity index (χ2v) is 7.38. The summed E-state index contributed by atoms with van der Waals surface area (Å²) in [6.07, 6.45) is 0. The molecule has 0 saturated carbocycles. The summed E-state index contributed by atoms with van der Waals surface area (Å²) in [4.78, 5) is 36.4. The highest BCUT2D eigenvalue weighted by atomic mass is 35.5. The van der Waals surface area contributed by atoms with Gasteiger partial charge in [0.2, 0.25) is 0 Å². The molecule has 8 nitrogen and oxygen atoms in total. The fraction of sp³-hybridized carbons (Fsp3) is 0.0435. The zero-order chi connectivity index (χ0) is 22.7. The molecule has 0 radical (unpaired) electrons. The van der Waals surface area contributed by atoms with Crippen LogP contribution in [0.25, 0.3) is 0 Å². The third-order valence-corrected chi connectivity index (χ3v) is 5.06. The Morgan fingerprint density at radius 3 is 2.53 bits per heavy atom. The Morgan fingerprint density at radius 2 is 1.78 bits per heavy atom. The van der Waals surface area contributed by atoms with E-state index in [9.17, 15) is 19.5 Å². The third kappa shape index (κ3) is 4.45. The Labute approximate surface area is 187 Å². The van der Waals surface area contributed by atoms with Gasteiger partial charge in [-0.05, 0) is 48.0 Å². The molecule has 3 aromatic rings. The van der Waals surface area contributed by atoms with Gasteiger partial charge in [-0.2, -0.15) is 5.10 Å². The van der Waals surface area contributed by atoms with Crippen molar-refractivity contribution in [2.45, 2.75) is 6.54 Å². The molecule has 1 aliphatic rings. The number of para-hydroxylation sites is 1. The molecule has 0 atom stereocenters. The van der Waals surface area contributed by atoms with Crippen LogP contribution in [0.3, 0.4) is 0 Å². The first-order valence-corrected chi connectivity index (χ1v) is 9.94. The summed E-state index contributed by atoms with van der Waals surface area (Å²) in [6, 6.07) is 18.1. The van der Waals surface area contributed by atoms with E-state index in [1.165, 1.54) is 6.07 Å². The molecule has 0 aromatic heterocycles. The highest BCUT2D eigenvalue weighted by molar-refractivity contribution is 6.54. The van der Waals surface area contributed by atoms with Gasteiger partial charge in [-0.3, -0.25) is 15.0 Å². The van der Waals surface area contributed by atoms with Crippen LogP contribution in [0.2, 0.25) is 5.02 Å². The SMILES string of the molecule is O=C1Nc2ccc(C(=O)NCc3ccc(Cl)cc3)cc2/C1=N/Nc1ccccc1C(=O)O. The lowest BCUT2D eigenvalue weighted by Crippen LogP contribution is -2.23. The first-order valence-electron chi connectivity index (χ1n) is 9.57. The van der Waals surface area contributed by atoms with E-state index in [0.29, 0.717) is 28.4 Å². The number of carboxylic acid groups (broad SMARTS) is 1. The number of fused-ring (bicyclic) bond motifs is 1. The molecular weight excluding hydrogens is 432 g/mol. The topological polar surface area (TPSA) is 120 Å². The van der Waals surface area contributed by atoms with Crippen molar-refractivity contribution in [2.24, 2.45) is 5.10 Å². The van der Waals surface area contributed by atoms with Crippen molar-refractivity contribution < 1.29 is 19.5 Å². The second kappa shape index (κ2) is 8.91. The molecule has 4 N–H and O–H groups in total. The number of amides is 2.